The van der Waals surface area contributed by atoms with Gasteiger partial charge in [0.15, 0.2) is 0 Å². The standard InChI is InChI=1S/C18H20BrNO/c1-2-15-10-6-7-11-17(15)18(21)20-16(13-19)12-14-8-4-3-5-9-14/h3-11,16H,2,12-13H2,1H3,(H,20,21). The molecule has 0 aliphatic rings. The fourth-order valence-electron chi connectivity index (χ4n) is 2.36. The van der Waals surface area contributed by atoms with E-state index in [0.29, 0.717) is 0 Å². The summed E-state index contributed by atoms with van der Waals surface area (Å²) in [5.74, 6) is 0.00725. The lowest BCUT2D eigenvalue weighted by atomic mass is 10.0. The van der Waals surface area contributed by atoms with Gasteiger partial charge in [-0.1, -0.05) is 71.4 Å². The highest BCUT2D eigenvalue weighted by molar-refractivity contribution is 9.09. The molecule has 1 amide bonds. The first-order valence-electron chi connectivity index (χ1n) is 7.23. The van der Waals surface area contributed by atoms with Crippen molar-refractivity contribution in [3.63, 3.8) is 0 Å². The SMILES string of the molecule is CCc1ccccc1C(=O)NC(CBr)Cc1ccccc1. The van der Waals surface area contributed by atoms with E-state index in [4.69, 9.17) is 0 Å². The monoisotopic (exact) mass is 345 g/mol. The Morgan fingerprint density at radius 3 is 2.43 bits per heavy atom. The number of carbonyl (C=O) groups excluding carboxylic acids is 1. The molecule has 21 heavy (non-hydrogen) atoms. The van der Waals surface area contributed by atoms with Crippen LogP contribution in [0.15, 0.2) is 54.6 Å². The summed E-state index contributed by atoms with van der Waals surface area (Å²) in [7, 11) is 0. The van der Waals surface area contributed by atoms with Gasteiger partial charge in [0.25, 0.3) is 5.91 Å². The largest absolute Gasteiger partial charge is 0.348 e. The number of halogens is 1. The van der Waals surface area contributed by atoms with Gasteiger partial charge in [-0.25, -0.2) is 0 Å². The van der Waals surface area contributed by atoms with Crippen molar-refractivity contribution in [1.82, 2.24) is 5.32 Å². The number of aryl methyl sites for hydroxylation is 1. The molecular weight excluding hydrogens is 326 g/mol. The van der Waals surface area contributed by atoms with E-state index < -0.39 is 0 Å². The number of hydrogen-bond donors (Lipinski definition) is 1. The lowest BCUT2D eigenvalue weighted by Gasteiger charge is -2.17. The lowest BCUT2D eigenvalue weighted by molar-refractivity contribution is 0.0940. The molecule has 2 rings (SSSR count). The maximum atomic E-state index is 12.5. The molecule has 3 heteroatoms. The second-order valence-corrected chi connectivity index (χ2v) is 5.67. The van der Waals surface area contributed by atoms with Gasteiger partial charge in [-0.15, -0.1) is 0 Å². The van der Waals surface area contributed by atoms with Crippen LogP contribution in [-0.4, -0.2) is 17.3 Å². The summed E-state index contributed by atoms with van der Waals surface area (Å²) in [5, 5.41) is 3.86. The predicted molar refractivity (Wildman–Crippen MR) is 91.0 cm³/mol. The van der Waals surface area contributed by atoms with Crippen LogP contribution in [0, 0.1) is 0 Å². The zero-order chi connectivity index (χ0) is 15.1. The number of carbonyl (C=O) groups is 1. The van der Waals surface area contributed by atoms with Crippen molar-refractivity contribution < 1.29 is 4.79 Å². The molecule has 1 N–H and O–H groups in total. The topological polar surface area (TPSA) is 29.1 Å². The molecule has 1 unspecified atom stereocenters. The number of amides is 1. The smallest absolute Gasteiger partial charge is 0.251 e. The normalized spacial score (nSPS) is 11.9. The third-order valence-electron chi connectivity index (χ3n) is 3.49. The molecule has 110 valence electrons. The second kappa shape index (κ2) is 7.99. The molecular formula is C18H20BrNO. The van der Waals surface area contributed by atoms with E-state index in [9.17, 15) is 4.79 Å². The Balaban J connectivity index is 2.06. The molecule has 0 aromatic heterocycles. The van der Waals surface area contributed by atoms with Crippen LogP contribution in [0.25, 0.3) is 0 Å². The first-order valence-corrected chi connectivity index (χ1v) is 8.35. The summed E-state index contributed by atoms with van der Waals surface area (Å²) in [6.07, 6.45) is 1.69. The Morgan fingerprint density at radius 1 is 1.10 bits per heavy atom. The van der Waals surface area contributed by atoms with Crippen molar-refractivity contribution in [3.8, 4) is 0 Å². The Labute approximate surface area is 134 Å². The van der Waals surface area contributed by atoms with Crippen molar-refractivity contribution >= 4 is 21.8 Å². The van der Waals surface area contributed by atoms with Crippen molar-refractivity contribution in [3.05, 3.63) is 71.3 Å². The van der Waals surface area contributed by atoms with Gasteiger partial charge in [0.2, 0.25) is 0 Å². The van der Waals surface area contributed by atoms with Crippen LogP contribution >= 0.6 is 15.9 Å². The molecule has 1 atom stereocenters. The fraction of sp³-hybridized carbons (Fsp3) is 0.278. The first kappa shape index (κ1) is 15.8. The van der Waals surface area contributed by atoms with E-state index in [1.807, 2.05) is 42.5 Å². The zero-order valence-electron chi connectivity index (χ0n) is 12.2. The van der Waals surface area contributed by atoms with E-state index in [0.717, 1.165) is 29.3 Å². The van der Waals surface area contributed by atoms with E-state index in [2.05, 4.69) is 40.3 Å². The van der Waals surface area contributed by atoms with Crippen molar-refractivity contribution in [2.45, 2.75) is 25.8 Å². The maximum absolute atomic E-state index is 12.5. The van der Waals surface area contributed by atoms with Crippen LogP contribution in [0.5, 0.6) is 0 Å². The van der Waals surface area contributed by atoms with Crippen LogP contribution in [0.4, 0.5) is 0 Å². The van der Waals surface area contributed by atoms with Gasteiger partial charge in [0.1, 0.15) is 0 Å². The minimum atomic E-state index is 0.00725. The van der Waals surface area contributed by atoms with Crippen LogP contribution in [0.2, 0.25) is 0 Å². The van der Waals surface area contributed by atoms with Crippen LogP contribution in [0.1, 0.15) is 28.4 Å². The number of nitrogens with one attached hydrogen (secondary N) is 1. The van der Waals surface area contributed by atoms with Gasteiger partial charge < -0.3 is 5.32 Å². The van der Waals surface area contributed by atoms with E-state index in [1.165, 1.54) is 5.56 Å². The van der Waals surface area contributed by atoms with Crippen LogP contribution < -0.4 is 5.32 Å². The van der Waals surface area contributed by atoms with Gasteiger partial charge in [-0.05, 0) is 30.0 Å². The van der Waals surface area contributed by atoms with Gasteiger partial charge in [-0.3, -0.25) is 4.79 Å². The van der Waals surface area contributed by atoms with Gasteiger partial charge in [0, 0.05) is 16.9 Å². The third-order valence-corrected chi connectivity index (χ3v) is 4.27. The Bertz CT molecular complexity index is 583. The number of rotatable bonds is 6. The Morgan fingerprint density at radius 2 is 1.76 bits per heavy atom. The summed E-state index contributed by atoms with van der Waals surface area (Å²) in [4.78, 5) is 12.5. The molecule has 0 radical (unpaired) electrons. The molecule has 2 aromatic carbocycles. The molecule has 0 spiro atoms. The third kappa shape index (κ3) is 4.43. The lowest BCUT2D eigenvalue weighted by Crippen LogP contribution is -2.38. The predicted octanol–water partition coefficient (Wildman–Crippen LogP) is 3.99. The summed E-state index contributed by atoms with van der Waals surface area (Å²) in [5.41, 5.74) is 3.09. The first-order chi connectivity index (χ1) is 10.2. The highest BCUT2D eigenvalue weighted by atomic mass is 79.9. The summed E-state index contributed by atoms with van der Waals surface area (Å²) >= 11 is 3.50. The van der Waals surface area contributed by atoms with Crippen LogP contribution in [-0.2, 0) is 12.8 Å². The van der Waals surface area contributed by atoms with Crippen LogP contribution in [0.3, 0.4) is 0 Å². The molecule has 0 bridgehead atoms. The molecule has 0 aliphatic heterocycles. The van der Waals surface area contributed by atoms with E-state index in [-0.39, 0.29) is 11.9 Å². The minimum absolute atomic E-state index is 0.00725. The second-order valence-electron chi connectivity index (χ2n) is 5.03. The highest BCUT2D eigenvalue weighted by Gasteiger charge is 2.15. The Hall–Kier alpha value is -1.61. The molecule has 2 aromatic rings. The quantitative estimate of drug-likeness (QED) is 0.788. The number of benzene rings is 2. The van der Waals surface area contributed by atoms with Gasteiger partial charge >= 0.3 is 0 Å². The molecule has 0 aliphatic carbocycles. The maximum Gasteiger partial charge on any atom is 0.251 e. The fourth-order valence-corrected chi connectivity index (χ4v) is 2.75. The van der Waals surface area contributed by atoms with Crippen molar-refractivity contribution in [2.24, 2.45) is 0 Å². The zero-order valence-corrected chi connectivity index (χ0v) is 13.8. The molecule has 2 nitrogen and oxygen atoms in total. The number of hydrogen-bond acceptors (Lipinski definition) is 1. The summed E-state index contributed by atoms with van der Waals surface area (Å²) in [6.45, 7) is 2.07. The van der Waals surface area contributed by atoms with Gasteiger partial charge in [0.05, 0.1) is 0 Å². The van der Waals surface area contributed by atoms with Crippen molar-refractivity contribution in [1.29, 1.82) is 0 Å². The summed E-state index contributed by atoms with van der Waals surface area (Å²) < 4.78 is 0. The molecule has 0 heterocycles. The Kier molecular flexibility index (Phi) is 6.00. The molecule has 0 saturated heterocycles. The molecule has 0 fully saturated rings. The average Bonchev–Trinajstić information content (AvgIpc) is 2.55. The van der Waals surface area contributed by atoms with Crippen molar-refractivity contribution in [2.75, 3.05) is 5.33 Å². The summed E-state index contributed by atoms with van der Waals surface area (Å²) in [6, 6.07) is 18.1. The van der Waals surface area contributed by atoms with E-state index in [1.54, 1.807) is 0 Å². The van der Waals surface area contributed by atoms with E-state index >= 15 is 0 Å². The average molecular weight is 346 g/mol. The molecule has 0 saturated carbocycles. The van der Waals surface area contributed by atoms with Gasteiger partial charge in [-0.2, -0.15) is 0 Å². The minimum Gasteiger partial charge on any atom is -0.348 e. The number of alkyl halides is 1. The highest BCUT2D eigenvalue weighted by Crippen LogP contribution is 2.11.